The molecule has 0 aliphatic heterocycles. The number of rotatable bonds is 48. The van der Waals surface area contributed by atoms with Gasteiger partial charge in [-0.3, -0.25) is 38.4 Å². The lowest BCUT2D eigenvalue weighted by Gasteiger charge is -2.19. The van der Waals surface area contributed by atoms with Crippen LogP contribution in [0.3, 0.4) is 0 Å². The minimum Gasteiger partial charge on any atom is -0.481 e. The van der Waals surface area contributed by atoms with E-state index in [2.05, 4.69) is 10.6 Å². The second-order valence-corrected chi connectivity index (χ2v) is 18.2. The molecule has 0 aromatic carbocycles. The van der Waals surface area contributed by atoms with E-state index in [9.17, 15) is 48.6 Å². The Hall–Kier alpha value is -3.80. The SMILES string of the molecule is CC(C)(C)C(=O)C[C@@H](CCCCNC(=O)CC[C@H](CC(=O)COCCOCCNC(=O)COCCOCCCC(=O)CCCCCCCCCCCCCCCCC(=O)O)C(=O)O)C(=O)O. The van der Waals surface area contributed by atoms with Crippen LogP contribution in [-0.4, -0.2) is 128 Å². The fourth-order valence-corrected chi connectivity index (χ4v) is 6.95. The molecule has 2 atom stereocenters. The van der Waals surface area contributed by atoms with Crippen molar-refractivity contribution in [2.24, 2.45) is 17.3 Å². The van der Waals surface area contributed by atoms with Gasteiger partial charge in [0.25, 0.3) is 0 Å². The van der Waals surface area contributed by atoms with Gasteiger partial charge in [-0.25, -0.2) is 0 Å². The molecule has 0 saturated carbocycles. The summed E-state index contributed by atoms with van der Waals surface area (Å²) in [7, 11) is 0. The number of carboxylic acid groups (broad SMARTS) is 3. The number of ether oxygens (including phenoxy) is 4. The van der Waals surface area contributed by atoms with Gasteiger partial charge < -0.3 is 44.9 Å². The first-order chi connectivity index (χ1) is 31.5. The van der Waals surface area contributed by atoms with Crippen LogP contribution in [0.5, 0.6) is 0 Å². The Morgan fingerprint density at radius 1 is 0.424 bits per heavy atom. The van der Waals surface area contributed by atoms with Gasteiger partial charge in [0.05, 0.1) is 44.9 Å². The van der Waals surface area contributed by atoms with Crippen molar-refractivity contribution in [2.75, 3.05) is 65.9 Å². The second kappa shape index (κ2) is 41.4. The molecule has 0 rings (SSSR count). The predicted molar refractivity (Wildman–Crippen MR) is 249 cm³/mol. The van der Waals surface area contributed by atoms with E-state index in [0.29, 0.717) is 51.7 Å². The maximum Gasteiger partial charge on any atom is 0.306 e. The molecule has 17 nitrogen and oxygen atoms in total. The van der Waals surface area contributed by atoms with Crippen molar-refractivity contribution >= 4 is 47.1 Å². The van der Waals surface area contributed by atoms with Crippen LogP contribution in [-0.2, 0) is 57.3 Å². The maximum absolute atomic E-state index is 12.3. The lowest BCUT2D eigenvalue weighted by molar-refractivity contribution is -0.145. The van der Waals surface area contributed by atoms with Crippen LogP contribution in [0.1, 0.15) is 181 Å². The molecule has 0 aliphatic rings. The zero-order valence-corrected chi connectivity index (χ0v) is 40.6. The molecule has 0 aliphatic carbocycles. The zero-order chi connectivity index (χ0) is 49.3. The van der Waals surface area contributed by atoms with Crippen molar-refractivity contribution < 1.29 is 72.6 Å². The monoisotopic (exact) mass is 943 g/mol. The third-order valence-electron chi connectivity index (χ3n) is 11.1. The Morgan fingerprint density at radius 3 is 1.44 bits per heavy atom. The van der Waals surface area contributed by atoms with Crippen LogP contribution in [0.25, 0.3) is 0 Å². The van der Waals surface area contributed by atoms with Crippen molar-refractivity contribution in [3.05, 3.63) is 0 Å². The van der Waals surface area contributed by atoms with E-state index < -0.39 is 40.9 Å². The van der Waals surface area contributed by atoms with Gasteiger partial charge in [0, 0.05) is 63.6 Å². The average Bonchev–Trinajstić information content (AvgIpc) is 3.25. The van der Waals surface area contributed by atoms with Gasteiger partial charge in [0.2, 0.25) is 11.8 Å². The number of nitrogens with one attached hydrogen (secondary N) is 2. The van der Waals surface area contributed by atoms with Crippen molar-refractivity contribution in [3.8, 4) is 0 Å². The van der Waals surface area contributed by atoms with Crippen molar-refractivity contribution in [1.82, 2.24) is 10.6 Å². The van der Waals surface area contributed by atoms with Crippen LogP contribution < -0.4 is 10.6 Å². The summed E-state index contributed by atoms with van der Waals surface area (Å²) in [5.74, 6) is -5.72. The average molecular weight is 943 g/mol. The fraction of sp³-hybridized carbons (Fsp3) is 0.837. The first-order valence-corrected chi connectivity index (χ1v) is 24.6. The number of ketones is 3. The highest BCUT2D eigenvalue weighted by Gasteiger charge is 2.28. The number of carboxylic acids is 3. The van der Waals surface area contributed by atoms with Crippen molar-refractivity contribution in [3.63, 3.8) is 0 Å². The molecule has 0 spiro atoms. The molecule has 17 heteroatoms. The molecular weight excluding hydrogens is 857 g/mol. The number of carbonyl (C=O) groups is 8. The first-order valence-electron chi connectivity index (χ1n) is 24.6. The molecule has 2 amide bonds. The molecule has 0 unspecified atom stereocenters. The number of unbranched alkanes of at least 4 members (excludes halogenated alkanes) is 14. The Bertz CT molecular complexity index is 1370. The van der Waals surface area contributed by atoms with Crippen LogP contribution in [0.2, 0.25) is 0 Å². The summed E-state index contributed by atoms with van der Waals surface area (Å²) >= 11 is 0. The second-order valence-electron chi connectivity index (χ2n) is 18.2. The lowest BCUT2D eigenvalue weighted by Crippen LogP contribution is -2.31. The highest BCUT2D eigenvalue weighted by atomic mass is 16.5. The minimum absolute atomic E-state index is 0.0344. The normalized spacial score (nSPS) is 12.3. The van der Waals surface area contributed by atoms with Crippen LogP contribution in [0.4, 0.5) is 0 Å². The minimum atomic E-state index is -1.19. The first kappa shape index (κ1) is 62.2. The molecule has 0 radical (unpaired) electrons. The highest BCUT2D eigenvalue weighted by molar-refractivity contribution is 5.87. The Labute approximate surface area is 393 Å². The van der Waals surface area contributed by atoms with E-state index >= 15 is 0 Å². The topological polar surface area (TPSA) is 258 Å². The highest BCUT2D eigenvalue weighted by Crippen LogP contribution is 2.23. The smallest absolute Gasteiger partial charge is 0.306 e. The number of aliphatic carboxylic acids is 3. The Kier molecular flexibility index (Phi) is 39.0. The largest absolute Gasteiger partial charge is 0.481 e. The summed E-state index contributed by atoms with van der Waals surface area (Å²) in [4.78, 5) is 94.7. The number of hydrogen-bond donors (Lipinski definition) is 5. The van der Waals surface area contributed by atoms with Crippen molar-refractivity contribution in [1.29, 1.82) is 0 Å². The fourth-order valence-electron chi connectivity index (χ4n) is 6.95. The lowest BCUT2D eigenvalue weighted by atomic mass is 9.84. The van der Waals surface area contributed by atoms with E-state index in [1.54, 1.807) is 20.8 Å². The van der Waals surface area contributed by atoms with E-state index in [1.807, 2.05) is 0 Å². The maximum atomic E-state index is 12.3. The van der Waals surface area contributed by atoms with E-state index in [0.717, 1.165) is 32.1 Å². The van der Waals surface area contributed by atoms with Gasteiger partial charge in [0.15, 0.2) is 5.78 Å². The van der Waals surface area contributed by atoms with E-state index in [-0.39, 0.29) is 108 Å². The molecule has 5 N–H and O–H groups in total. The van der Waals surface area contributed by atoms with Gasteiger partial charge >= 0.3 is 17.9 Å². The molecule has 66 heavy (non-hydrogen) atoms. The molecule has 0 aromatic rings. The van der Waals surface area contributed by atoms with Crippen molar-refractivity contribution in [2.45, 2.75) is 181 Å². The summed E-state index contributed by atoms with van der Waals surface area (Å²) < 4.78 is 21.5. The van der Waals surface area contributed by atoms with Gasteiger partial charge in [-0.05, 0) is 38.5 Å². The number of carbonyl (C=O) groups excluding carboxylic acids is 5. The van der Waals surface area contributed by atoms with Gasteiger partial charge in [0.1, 0.15) is 24.8 Å². The van der Waals surface area contributed by atoms with E-state index in [1.165, 1.54) is 57.8 Å². The standard InChI is InChI=1S/C49H86N2O15/c1-49(2,3)43(54)36-39(47(59)60)21-18-19-27-50-44(55)26-25-40(48(61)62)35-42(53)37-65-33-32-64-30-28-51-45(56)38-66-34-31-63-29-20-23-41(52)22-16-14-12-10-8-6-4-5-7-9-11-13-15-17-24-46(57)58/h39-40H,4-38H2,1-3H3,(H,50,55)(H,51,56)(H,57,58)(H,59,60)(H,61,62)/t39-,40-/m1/s1. The Morgan fingerprint density at radius 2 is 0.894 bits per heavy atom. The molecule has 0 bridgehead atoms. The number of hydrogen-bond acceptors (Lipinski definition) is 12. The molecule has 0 saturated heterocycles. The predicted octanol–water partition coefficient (Wildman–Crippen LogP) is 7.28. The quantitative estimate of drug-likeness (QED) is 0.0376. The number of Topliss-reactive ketones (excluding diaryl/α,β-unsaturated/α-hetero) is 3. The van der Waals surface area contributed by atoms with Crippen LogP contribution >= 0.6 is 0 Å². The van der Waals surface area contributed by atoms with Gasteiger partial charge in [-0.15, -0.1) is 0 Å². The summed E-state index contributed by atoms with van der Waals surface area (Å²) in [5.41, 5.74) is -0.618. The Balaban J connectivity index is 3.70. The van der Waals surface area contributed by atoms with E-state index in [4.69, 9.17) is 24.1 Å². The van der Waals surface area contributed by atoms with Gasteiger partial charge in [-0.2, -0.15) is 0 Å². The summed E-state index contributed by atoms with van der Waals surface area (Å²) in [6, 6.07) is 0. The number of amides is 2. The van der Waals surface area contributed by atoms with Crippen LogP contribution in [0.15, 0.2) is 0 Å². The summed E-state index contributed by atoms with van der Waals surface area (Å²) in [6.45, 7) is 6.80. The molecule has 0 fully saturated rings. The summed E-state index contributed by atoms with van der Waals surface area (Å²) in [5, 5.41) is 33.0. The third kappa shape index (κ3) is 40.5. The third-order valence-corrected chi connectivity index (χ3v) is 11.1. The zero-order valence-electron chi connectivity index (χ0n) is 40.6. The van der Waals surface area contributed by atoms with Gasteiger partial charge in [-0.1, -0.05) is 104 Å². The molecule has 0 heterocycles. The molecule has 382 valence electrons. The summed E-state index contributed by atoms with van der Waals surface area (Å²) in [6.07, 6.45) is 19.1. The molecular formula is C49H86N2O15. The molecule has 0 aromatic heterocycles. The van der Waals surface area contributed by atoms with Crippen LogP contribution in [0, 0.1) is 17.3 Å².